The summed E-state index contributed by atoms with van der Waals surface area (Å²) in [6.45, 7) is 0. The maximum absolute atomic E-state index is 10.2. The zero-order valence-electron chi connectivity index (χ0n) is 16.2. The van der Waals surface area contributed by atoms with E-state index in [9.17, 15) is 10.2 Å². The van der Waals surface area contributed by atoms with Crippen LogP contribution in [0.25, 0.3) is 0 Å². The second kappa shape index (κ2) is 9.62. The van der Waals surface area contributed by atoms with E-state index in [2.05, 4.69) is 9.98 Å². The molecular formula is C21H26N2O4. The molecule has 27 heavy (non-hydrogen) atoms. The average Bonchev–Trinajstić information content (AvgIpc) is 2.69. The van der Waals surface area contributed by atoms with Gasteiger partial charge in [-0.2, -0.15) is 0 Å². The summed E-state index contributed by atoms with van der Waals surface area (Å²) in [4.78, 5) is 8.67. The first-order valence-electron chi connectivity index (χ1n) is 8.71. The van der Waals surface area contributed by atoms with Gasteiger partial charge in [-0.25, -0.2) is 0 Å². The first-order valence-corrected chi connectivity index (χ1v) is 8.71. The first kappa shape index (κ1) is 20.3. The Hall–Kier alpha value is -3.02. The molecule has 0 aliphatic carbocycles. The predicted molar refractivity (Wildman–Crippen MR) is 108 cm³/mol. The quantitative estimate of drug-likeness (QED) is 0.692. The van der Waals surface area contributed by atoms with Crippen molar-refractivity contribution in [3.05, 3.63) is 47.5 Å². The third kappa shape index (κ3) is 4.58. The van der Waals surface area contributed by atoms with Crippen LogP contribution in [-0.2, 0) is 0 Å². The highest BCUT2D eigenvalue weighted by atomic mass is 16.5. The Balaban J connectivity index is 2.17. The Bertz CT molecular complexity index is 775. The standard InChI is InChI=1S/C21H26N2O4/c1-22-14(20-16(24)10-6-12-18(20)26-3)8-5-9-15(23-2)21-17(25)11-7-13-19(21)27-4/h6-7,10-13,24-25H,5,8-9H2,1-4H3/b22-14-,23-15-. The summed E-state index contributed by atoms with van der Waals surface area (Å²) >= 11 is 0. The number of ether oxygens (including phenoxy) is 2. The van der Waals surface area contributed by atoms with Crippen LogP contribution in [0.3, 0.4) is 0 Å². The van der Waals surface area contributed by atoms with Gasteiger partial charge in [-0.3, -0.25) is 9.98 Å². The number of methoxy groups -OCH3 is 2. The fourth-order valence-electron chi connectivity index (χ4n) is 3.08. The Morgan fingerprint density at radius 3 is 1.52 bits per heavy atom. The molecule has 0 amide bonds. The van der Waals surface area contributed by atoms with Crippen LogP contribution in [0.5, 0.6) is 23.0 Å². The molecule has 0 fully saturated rings. The summed E-state index contributed by atoms with van der Waals surface area (Å²) in [6, 6.07) is 10.3. The second-order valence-electron chi connectivity index (χ2n) is 5.90. The summed E-state index contributed by atoms with van der Waals surface area (Å²) in [6.07, 6.45) is 1.98. The van der Waals surface area contributed by atoms with Crippen molar-refractivity contribution in [2.75, 3.05) is 28.3 Å². The van der Waals surface area contributed by atoms with Crippen LogP contribution in [0, 0.1) is 0 Å². The van der Waals surface area contributed by atoms with Gasteiger partial charge in [0.05, 0.1) is 25.3 Å². The highest BCUT2D eigenvalue weighted by Gasteiger charge is 2.17. The van der Waals surface area contributed by atoms with E-state index in [-0.39, 0.29) is 11.5 Å². The van der Waals surface area contributed by atoms with Crippen LogP contribution < -0.4 is 9.47 Å². The van der Waals surface area contributed by atoms with Gasteiger partial charge in [-0.15, -0.1) is 0 Å². The Morgan fingerprint density at radius 1 is 0.778 bits per heavy atom. The molecule has 2 aromatic rings. The fourth-order valence-corrected chi connectivity index (χ4v) is 3.08. The summed E-state index contributed by atoms with van der Waals surface area (Å²) in [5, 5.41) is 20.5. The predicted octanol–water partition coefficient (Wildman–Crippen LogP) is 3.82. The molecule has 0 radical (unpaired) electrons. The maximum Gasteiger partial charge on any atom is 0.131 e. The van der Waals surface area contributed by atoms with Crippen molar-refractivity contribution in [2.24, 2.45) is 9.98 Å². The number of phenolic OH excluding ortho intramolecular Hbond substituents is 2. The highest BCUT2D eigenvalue weighted by Crippen LogP contribution is 2.31. The summed E-state index contributed by atoms with van der Waals surface area (Å²) in [5.41, 5.74) is 2.73. The van der Waals surface area contributed by atoms with Crippen molar-refractivity contribution in [3.8, 4) is 23.0 Å². The number of aliphatic imine (C=N–C) groups is 2. The molecule has 0 aliphatic rings. The summed E-state index contributed by atoms with van der Waals surface area (Å²) in [7, 11) is 6.53. The van der Waals surface area contributed by atoms with Crippen molar-refractivity contribution in [3.63, 3.8) is 0 Å². The minimum atomic E-state index is 0.140. The molecule has 0 spiro atoms. The number of nitrogens with zero attached hydrogens (tertiary/aromatic N) is 2. The molecule has 0 saturated carbocycles. The molecule has 0 bridgehead atoms. The number of benzene rings is 2. The molecule has 144 valence electrons. The molecular weight excluding hydrogens is 344 g/mol. The van der Waals surface area contributed by atoms with Gasteiger partial charge in [0.2, 0.25) is 0 Å². The fraction of sp³-hybridized carbons (Fsp3) is 0.333. The van der Waals surface area contributed by atoms with E-state index in [0.29, 0.717) is 35.5 Å². The van der Waals surface area contributed by atoms with Gasteiger partial charge in [-0.05, 0) is 43.5 Å². The normalized spacial score (nSPS) is 12.1. The number of phenols is 2. The van der Waals surface area contributed by atoms with E-state index in [1.165, 1.54) is 0 Å². The van der Waals surface area contributed by atoms with Gasteiger partial charge < -0.3 is 19.7 Å². The van der Waals surface area contributed by atoms with Gasteiger partial charge in [0.15, 0.2) is 0 Å². The van der Waals surface area contributed by atoms with Gasteiger partial charge >= 0.3 is 0 Å². The van der Waals surface area contributed by atoms with Crippen molar-refractivity contribution in [1.82, 2.24) is 0 Å². The zero-order chi connectivity index (χ0) is 19.8. The first-order chi connectivity index (χ1) is 13.1. The molecule has 0 aromatic heterocycles. The van der Waals surface area contributed by atoms with Crippen LogP contribution in [0.1, 0.15) is 30.4 Å². The summed E-state index contributed by atoms with van der Waals surface area (Å²) in [5.74, 6) is 1.45. The Labute approximate surface area is 159 Å². The van der Waals surface area contributed by atoms with E-state index in [1.807, 2.05) is 0 Å². The molecule has 0 atom stereocenters. The number of rotatable bonds is 8. The van der Waals surface area contributed by atoms with Gasteiger partial charge in [0, 0.05) is 25.5 Å². The van der Waals surface area contributed by atoms with Crippen molar-refractivity contribution in [1.29, 1.82) is 0 Å². The minimum absolute atomic E-state index is 0.140. The van der Waals surface area contributed by atoms with E-state index in [0.717, 1.165) is 17.8 Å². The maximum atomic E-state index is 10.2. The van der Waals surface area contributed by atoms with Gasteiger partial charge in [0.25, 0.3) is 0 Å². The zero-order valence-corrected chi connectivity index (χ0v) is 16.2. The number of hydrogen-bond acceptors (Lipinski definition) is 6. The monoisotopic (exact) mass is 370 g/mol. The molecule has 6 nitrogen and oxygen atoms in total. The van der Waals surface area contributed by atoms with E-state index < -0.39 is 0 Å². The third-order valence-electron chi connectivity index (χ3n) is 4.39. The molecule has 0 aliphatic heterocycles. The molecule has 0 saturated heterocycles. The van der Waals surface area contributed by atoms with Crippen LogP contribution in [0.4, 0.5) is 0 Å². The van der Waals surface area contributed by atoms with Gasteiger partial charge in [-0.1, -0.05) is 12.1 Å². The topological polar surface area (TPSA) is 83.6 Å². The lowest BCUT2D eigenvalue weighted by Gasteiger charge is -2.14. The molecule has 2 aromatic carbocycles. The van der Waals surface area contributed by atoms with Crippen LogP contribution in [0.2, 0.25) is 0 Å². The molecule has 2 N–H and O–H groups in total. The summed E-state index contributed by atoms with van der Waals surface area (Å²) < 4.78 is 10.7. The third-order valence-corrected chi connectivity index (χ3v) is 4.39. The number of aromatic hydroxyl groups is 2. The lowest BCUT2D eigenvalue weighted by atomic mass is 9.98. The highest BCUT2D eigenvalue weighted by molar-refractivity contribution is 6.07. The van der Waals surface area contributed by atoms with Gasteiger partial charge in [0.1, 0.15) is 23.0 Å². The van der Waals surface area contributed by atoms with E-state index in [1.54, 1.807) is 64.7 Å². The molecule has 0 heterocycles. The van der Waals surface area contributed by atoms with Crippen LogP contribution in [-0.4, -0.2) is 50.0 Å². The lowest BCUT2D eigenvalue weighted by Crippen LogP contribution is -2.08. The minimum Gasteiger partial charge on any atom is -0.507 e. The van der Waals surface area contributed by atoms with Crippen molar-refractivity contribution < 1.29 is 19.7 Å². The number of hydrogen-bond donors (Lipinski definition) is 2. The van der Waals surface area contributed by atoms with Crippen molar-refractivity contribution in [2.45, 2.75) is 19.3 Å². The van der Waals surface area contributed by atoms with Crippen molar-refractivity contribution >= 4 is 11.4 Å². The Morgan fingerprint density at radius 2 is 1.19 bits per heavy atom. The second-order valence-corrected chi connectivity index (χ2v) is 5.90. The largest absolute Gasteiger partial charge is 0.507 e. The van der Waals surface area contributed by atoms with Crippen LogP contribution in [0.15, 0.2) is 46.4 Å². The Kier molecular flexibility index (Phi) is 7.23. The molecule has 0 unspecified atom stereocenters. The smallest absolute Gasteiger partial charge is 0.131 e. The molecule has 2 rings (SSSR count). The van der Waals surface area contributed by atoms with E-state index in [4.69, 9.17) is 9.47 Å². The van der Waals surface area contributed by atoms with Crippen LogP contribution >= 0.6 is 0 Å². The van der Waals surface area contributed by atoms with E-state index >= 15 is 0 Å². The molecule has 6 heteroatoms. The lowest BCUT2D eigenvalue weighted by molar-refractivity contribution is 0.406. The average molecular weight is 370 g/mol. The SMILES string of the molecule is C/N=C(/CCC/C(=N/C)c1c(O)cccc1OC)c1c(O)cccc1OC.